The zero-order chi connectivity index (χ0) is 23.8. The second-order valence-electron chi connectivity index (χ2n) is 9.34. The van der Waals surface area contributed by atoms with Crippen molar-refractivity contribution >= 4 is 23.7 Å². The van der Waals surface area contributed by atoms with Crippen LogP contribution in [0.1, 0.15) is 76.1 Å². The van der Waals surface area contributed by atoms with E-state index in [0.717, 1.165) is 49.9 Å². The third-order valence-corrected chi connectivity index (χ3v) is 7.99. The first-order chi connectivity index (χ1) is 15.9. The Bertz CT molecular complexity index is 892. The fourth-order valence-corrected chi connectivity index (χ4v) is 5.66. The molecule has 3 unspecified atom stereocenters. The van der Waals surface area contributed by atoms with Crippen LogP contribution in [0.4, 0.5) is 0 Å². The summed E-state index contributed by atoms with van der Waals surface area (Å²) in [6, 6.07) is 8.43. The molecule has 0 radical (unpaired) electrons. The summed E-state index contributed by atoms with van der Waals surface area (Å²) >= 11 is 1.64. The highest BCUT2D eigenvalue weighted by atomic mass is 32.1. The Balaban J connectivity index is 0.000000186. The first-order valence-electron chi connectivity index (χ1n) is 12.2. The first kappa shape index (κ1) is 25.4. The summed E-state index contributed by atoms with van der Waals surface area (Å²) in [5.41, 5.74) is 11.3. The average molecular weight is 471 g/mol. The van der Waals surface area contributed by atoms with Gasteiger partial charge in [-0.15, -0.1) is 11.3 Å². The quantitative estimate of drug-likeness (QED) is 0.592. The number of thiazole rings is 1. The molecule has 7 heteroatoms. The van der Waals surface area contributed by atoms with Crippen molar-refractivity contribution in [2.24, 2.45) is 11.7 Å². The second kappa shape index (κ2) is 12.3. The van der Waals surface area contributed by atoms with Crippen molar-refractivity contribution in [1.29, 1.82) is 0 Å². The molecule has 2 fully saturated rings. The number of amides is 2. The molecule has 0 bridgehead atoms. The Morgan fingerprint density at radius 3 is 2.42 bits per heavy atom. The Hall–Kier alpha value is -2.25. The smallest absolute Gasteiger partial charge is 0.240 e. The topological polar surface area (TPSA) is 88.3 Å². The molecule has 1 saturated carbocycles. The number of aromatic nitrogens is 1. The van der Waals surface area contributed by atoms with Gasteiger partial charge in [-0.2, -0.15) is 0 Å². The van der Waals surface area contributed by atoms with Crippen LogP contribution in [0.5, 0.6) is 0 Å². The minimum absolute atomic E-state index is 0.0455. The largest absolute Gasteiger partial charge is 0.352 e. The normalized spacial score (nSPS) is 20.5. The van der Waals surface area contributed by atoms with E-state index in [1.54, 1.807) is 11.3 Å². The summed E-state index contributed by atoms with van der Waals surface area (Å²) in [5.74, 6) is 0.644. The molecular weight excluding hydrogens is 432 g/mol. The highest BCUT2D eigenvalue weighted by Gasteiger charge is 2.33. The van der Waals surface area contributed by atoms with Gasteiger partial charge >= 0.3 is 0 Å². The van der Waals surface area contributed by atoms with Crippen molar-refractivity contribution in [1.82, 2.24) is 15.2 Å². The van der Waals surface area contributed by atoms with Crippen molar-refractivity contribution < 1.29 is 9.59 Å². The van der Waals surface area contributed by atoms with Gasteiger partial charge in [0, 0.05) is 12.6 Å². The number of hydrogen-bond donors (Lipinski definition) is 2. The van der Waals surface area contributed by atoms with Gasteiger partial charge in [-0.1, -0.05) is 43.5 Å². The summed E-state index contributed by atoms with van der Waals surface area (Å²) < 4.78 is 0. The Morgan fingerprint density at radius 1 is 1.18 bits per heavy atom. The highest BCUT2D eigenvalue weighted by Crippen LogP contribution is 2.29. The number of benzene rings is 1. The minimum atomic E-state index is -0.235. The molecule has 6 nitrogen and oxygen atoms in total. The number of carbonyl (C=O) groups is 2. The van der Waals surface area contributed by atoms with Crippen molar-refractivity contribution in [3.63, 3.8) is 0 Å². The Kier molecular flexibility index (Phi) is 9.44. The van der Waals surface area contributed by atoms with Gasteiger partial charge in [-0.05, 0) is 63.5 Å². The molecule has 2 aromatic rings. The average Bonchev–Trinajstić information content (AvgIpc) is 3.47. The van der Waals surface area contributed by atoms with Crippen LogP contribution < -0.4 is 11.1 Å². The third-order valence-electron chi connectivity index (χ3n) is 7.02. The van der Waals surface area contributed by atoms with Crippen molar-refractivity contribution in [3.05, 3.63) is 41.0 Å². The van der Waals surface area contributed by atoms with E-state index in [0.29, 0.717) is 12.0 Å². The van der Waals surface area contributed by atoms with Crippen LogP contribution in [-0.4, -0.2) is 40.8 Å². The Labute approximate surface area is 202 Å². The summed E-state index contributed by atoms with van der Waals surface area (Å²) in [6.07, 6.45) is 9.13. The molecule has 33 heavy (non-hydrogen) atoms. The number of nitrogens with zero attached hydrogens (tertiary/aromatic N) is 2. The number of hydrogen-bond acceptors (Lipinski definition) is 5. The maximum Gasteiger partial charge on any atom is 0.240 e. The molecule has 2 amide bonds. The van der Waals surface area contributed by atoms with E-state index in [-0.39, 0.29) is 18.0 Å². The fourth-order valence-electron chi connectivity index (χ4n) is 4.85. The molecule has 2 heterocycles. The third kappa shape index (κ3) is 6.64. The summed E-state index contributed by atoms with van der Waals surface area (Å²) in [5, 5.41) is 2.74. The zero-order valence-electron chi connectivity index (χ0n) is 20.1. The Morgan fingerprint density at radius 2 is 1.88 bits per heavy atom. The number of nitrogens with one attached hydrogen (secondary N) is 1. The number of likely N-dealkylation sites (tertiary alicyclic amines) is 1. The molecule has 1 saturated heterocycles. The second-order valence-corrected chi connectivity index (χ2v) is 10.2. The molecule has 3 atom stereocenters. The van der Waals surface area contributed by atoms with Crippen LogP contribution >= 0.6 is 11.3 Å². The molecule has 180 valence electrons. The van der Waals surface area contributed by atoms with Crippen LogP contribution in [0, 0.1) is 12.8 Å². The zero-order valence-corrected chi connectivity index (χ0v) is 20.9. The summed E-state index contributed by atoms with van der Waals surface area (Å²) in [6.45, 7) is 7.02. The fraction of sp³-hybridized carbons (Fsp3) is 0.577. The summed E-state index contributed by atoms with van der Waals surface area (Å²) in [4.78, 5) is 30.1. The van der Waals surface area contributed by atoms with E-state index in [1.807, 2.05) is 36.4 Å². The molecule has 1 aromatic heterocycles. The number of carbonyl (C=O) groups excluding carboxylic acids is 2. The predicted octanol–water partition coefficient (Wildman–Crippen LogP) is 4.83. The number of aryl methyl sites for hydroxylation is 1. The van der Waals surface area contributed by atoms with Crippen LogP contribution in [-0.2, 0) is 9.59 Å². The molecule has 1 aromatic carbocycles. The van der Waals surface area contributed by atoms with Gasteiger partial charge in [-0.3, -0.25) is 9.59 Å². The molecule has 3 N–H and O–H groups in total. The van der Waals surface area contributed by atoms with Crippen LogP contribution in [0.25, 0.3) is 10.4 Å². The van der Waals surface area contributed by atoms with Gasteiger partial charge in [0.25, 0.3) is 0 Å². The lowest BCUT2D eigenvalue weighted by molar-refractivity contribution is -0.134. The van der Waals surface area contributed by atoms with E-state index < -0.39 is 0 Å². The lowest BCUT2D eigenvalue weighted by atomic mass is 9.83. The van der Waals surface area contributed by atoms with Gasteiger partial charge in [0.1, 0.15) is 0 Å². The van der Waals surface area contributed by atoms with Crippen LogP contribution in [0.15, 0.2) is 29.8 Å². The lowest BCUT2D eigenvalue weighted by Gasteiger charge is -2.31. The van der Waals surface area contributed by atoms with Gasteiger partial charge < -0.3 is 16.0 Å². The molecule has 4 rings (SSSR count). The first-order valence-corrected chi connectivity index (χ1v) is 13.1. The van der Waals surface area contributed by atoms with E-state index in [4.69, 9.17) is 5.73 Å². The van der Waals surface area contributed by atoms with Crippen molar-refractivity contribution in [2.45, 2.75) is 83.8 Å². The molecular formula is C26H38N4O2S. The van der Waals surface area contributed by atoms with Gasteiger partial charge in [-0.25, -0.2) is 4.98 Å². The maximum absolute atomic E-state index is 12.3. The van der Waals surface area contributed by atoms with E-state index in [9.17, 15) is 9.59 Å². The molecule has 1 aliphatic carbocycles. The van der Waals surface area contributed by atoms with E-state index >= 15 is 0 Å². The van der Waals surface area contributed by atoms with Gasteiger partial charge in [0.2, 0.25) is 12.3 Å². The molecule has 1 aliphatic heterocycles. The SMILES string of the molecule is CC1CCCN1C(=O)C(N)C1CCCCC1.Cc1ncsc1-c1ccc(C(C)NC=O)cc1. The van der Waals surface area contributed by atoms with E-state index in [2.05, 4.69) is 29.4 Å². The van der Waals surface area contributed by atoms with Crippen molar-refractivity contribution in [3.8, 4) is 10.4 Å². The van der Waals surface area contributed by atoms with Crippen molar-refractivity contribution in [2.75, 3.05) is 6.54 Å². The van der Waals surface area contributed by atoms with Crippen LogP contribution in [0.3, 0.4) is 0 Å². The molecule has 0 spiro atoms. The number of nitrogens with two attached hydrogens (primary N) is 1. The predicted molar refractivity (Wildman–Crippen MR) is 135 cm³/mol. The van der Waals surface area contributed by atoms with Crippen LogP contribution in [0.2, 0.25) is 0 Å². The van der Waals surface area contributed by atoms with E-state index in [1.165, 1.54) is 29.7 Å². The monoisotopic (exact) mass is 470 g/mol. The molecule has 2 aliphatic rings. The summed E-state index contributed by atoms with van der Waals surface area (Å²) in [7, 11) is 0. The minimum Gasteiger partial charge on any atom is -0.352 e. The lowest BCUT2D eigenvalue weighted by Crippen LogP contribution is -2.49. The highest BCUT2D eigenvalue weighted by molar-refractivity contribution is 7.13. The maximum atomic E-state index is 12.3. The van der Waals surface area contributed by atoms with Gasteiger partial charge in [0.05, 0.1) is 28.2 Å². The number of rotatable bonds is 6. The standard InChI is InChI=1S/C13H14N2OS.C13H24N2O/c1-9(14-7-16)11-3-5-12(6-4-11)13-10(2)15-8-17-13;1-10-6-5-9-15(10)13(16)12(14)11-7-3-2-4-8-11/h3-9H,1-2H3,(H,14,16);10-12H,2-9,14H2,1H3. The van der Waals surface area contributed by atoms with Gasteiger partial charge in [0.15, 0.2) is 0 Å².